The fourth-order valence-corrected chi connectivity index (χ4v) is 1.33. The van der Waals surface area contributed by atoms with Gasteiger partial charge in [-0.15, -0.1) is 0 Å². The van der Waals surface area contributed by atoms with Gasteiger partial charge in [-0.3, -0.25) is 9.59 Å². The van der Waals surface area contributed by atoms with Crippen molar-refractivity contribution < 1.29 is 29.7 Å². The van der Waals surface area contributed by atoms with Gasteiger partial charge >= 0.3 is 11.9 Å². The molecule has 6 heteroatoms. The molecule has 0 aliphatic carbocycles. The molecular weight excluding hydrogens is 240 g/mol. The van der Waals surface area contributed by atoms with E-state index < -0.39 is 18.4 Å². The van der Waals surface area contributed by atoms with E-state index in [9.17, 15) is 14.4 Å². The summed E-state index contributed by atoms with van der Waals surface area (Å²) in [6, 6.07) is 3.78. The number of hydrogen-bond acceptors (Lipinski definition) is 4. The quantitative estimate of drug-likeness (QED) is 0.533. The highest BCUT2D eigenvalue weighted by Gasteiger charge is 2.13. The lowest BCUT2D eigenvalue weighted by Crippen LogP contribution is -2.06. The lowest BCUT2D eigenvalue weighted by Gasteiger charge is -2.03. The van der Waals surface area contributed by atoms with Gasteiger partial charge < -0.3 is 15.3 Å². The van der Waals surface area contributed by atoms with Crippen molar-refractivity contribution in [1.82, 2.24) is 0 Å². The largest absolute Gasteiger partial charge is 0.508 e. The first-order valence-corrected chi connectivity index (χ1v) is 4.88. The van der Waals surface area contributed by atoms with Crippen molar-refractivity contribution in [1.29, 1.82) is 0 Å². The highest BCUT2D eigenvalue weighted by Crippen LogP contribution is 2.19. The van der Waals surface area contributed by atoms with Crippen molar-refractivity contribution in [2.75, 3.05) is 0 Å². The van der Waals surface area contributed by atoms with Gasteiger partial charge in [0.25, 0.3) is 0 Å². The van der Waals surface area contributed by atoms with Crippen molar-refractivity contribution in [2.45, 2.75) is 6.42 Å². The van der Waals surface area contributed by atoms with Gasteiger partial charge in [0.15, 0.2) is 6.29 Å². The Morgan fingerprint density at radius 3 is 2.33 bits per heavy atom. The summed E-state index contributed by atoms with van der Waals surface area (Å²) in [5.74, 6) is -2.79. The summed E-state index contributed by atoms with van der Waals surface area (Å²) < 4.78 is 0. The molecule has 1 aromatic carbocycles. The summed E-state index contributed by atoms with van der Waals surface area (Å²) in [4.78, 5) is 32.1. The maximum atomic E-state index is 10.8. The molecule has 0 aromatic heterocycles. The van der Waals surface area contributed by atoms with E-state index in [0.29, 0.717) is 6.29 Å². The number of carbonyl (C=O) groups is 3. The number of benzene rings is 1. The van der Waals surface area contributed by atoms with E-state index in [4.69, 9.17) is 15.3 Å². The zero-order valence-corrected chi connectivity index (χ0v) is 9.16. The molecule has 94 valence electrons. The number of phenols is 1. The van der Waals surface area contributed by atoms with Crippen LogP contribution in [-0.2, 0) is 9.59 Å². The second kappa shape index (κ2) is 5.62. The topological polar surface area (TPSA) is 112 Å². The average molecular weight is 250 g/mol. The van der Waals surface area contributed by atoms with Crippen LogP contribution >= 0.6 is 0 Å². The van der Waals surface area contributed by atoms with Crippen molar-refractivity contribution in [2.24, 2.45) is 0 Å². The Kier molecular flexibility index (Phi) is 4.20. The molecule has 0 aliphatic rings. The second-order valence-electron chi connectivity index (χ2n) is 3.48. The number of aromatic hydroxyl groups is 1. The third-order valence-electron chi connectivity index (χ3n) is 2.14. The third-order valence-corrected chi connectivity index (χ3v) is 2.14. The monoisotopic (exact) mass is 250 g/mol. The zero-order valence-electron chi connectivity index (χ0n) is 9.16. The standard InChI is InChI=1S/C12H10O6/c13-6-9-4-10(14)2-1-7(9)3-8(12(17)18)5-11(15)16/h1-4,6,14H,5H2,(H,15,16)(H,17,18)/b8-3-. The molecule has 0 fully saturated rings. The molecule has 0 aliphatic heterocycles. The van der Waals surface area contributed by atoms with Crippen LogP contribution in [0.3, 0.4) is 0 Å². The molecule has 0 atom stereocenters. The van der Waals surface area contributed by atoms with Crippen LogP contribution in [0.15, 0.2) is 23.8 Å². The maximum absolute atomic E-state index is 10.8. The summed E-state index contributed by atoms with van der Waals surface area (Å²) in [5.41, 5.74) is -0.0307. The molecule has 0 radical (unpaired) electrons. The van der Waals surface area contributed by atoms with Crippen molar-refractivity contribution >= 4 is 24.3 Å². The number of hydrogen-bond donors (Lipinski definition) is 3. The van der Waals surface area contributed by atoms with E-state index >= 15 is 0 Å². The molecular formula is C12H10O6. The molecule has 3 N–H and O–H groups in total. The average Bonchev–Trinajstić information content (AvgIpc) is 2.29. The van der Waals surface area contributed by atoms with Crippen LogP contribution < -0.4 is 0 Å². The Balaban J connectivity index is 3.23. The van der Waals surface area contributed by atoms with E-state index in [1.165, 1.54) is 18.2 Å². The molecule has 18 heavy (non-hydrogen) atoms. The Hall–Kier alpha value is -2.63. The predicted molar refractivity (Wildman–Crippen MR) is 61.4 cm³/mol. The predicted octanol–water partition coefficient (Wildman–Crippen LogP) is 1.15. The van der Waals surface area contributed by atoms with E-state index in [0.717, 1.165) is 6.08 Å². The van der Waals surface area contributed by atoms with E-state index in [1.807, 2.05) is 0 Å². The second-order valence-corrected chi connectivity index (χ2v) is 3.48. The Bertz CT molecular complexity index is 529. The smallest absolute Gasteiger partial charge is 0.332 e. The lowest BCUT2D eigenvalue weighted by atomic mass is 10.0. The minimum atomic E-state index is -1.37. The molecule has 0 amide bonds. The lowest BCUT2D eigenvalue weighted by molar-refractivity contribution is -0.139. The van der Waals surface area contributed by atoms with E-state index in [2.05, 4.69) is 0 Å². The molecule has 0 bridgehead atoms. The van der Waals surface area contributed by atoms with Gasteiger partial charge in [0.2, 0.25) is 0 Å². The van der Waals surface area contributed by atoms with Gasteiger partial charge in [-0.1, -0.05) is 6.07 Å². The van der Waals surface area contributed by atoms with E-state index in [1.54, 1.807) is 0 Å². The van der Waals surface area contributed by atoms with Gasteiger partial charge in [-0.25, -0.2) is 4.79 Å². The Morgan fingerprint density at radius 2 is 1.83 bits per heavy atom. The maximum Gasteiger partial charge on any atom is 0.332 e. The molecule has 0 heterocycles. The van der Waals surface area contributed by atoms with Crippen molar-refractivity contribution in [3.8, 4) is 5.75 Å². The van der Waals surface area contributed by atoms with Gasteiger partial charge in [-0.05, 0) is 23.8 Å². The summed E-state index contributed by atoms with van der Waals surface area (Å²) in [5, 5.41) is 26.6. The molecule has 0 unspecified atom stereocenters. The van der Waals surface area contributed by atoms with Crippen LogP contribution in [0.25, 0.3) is 6.08 Å². The number of carboxylic acids is 2. The number of carbonyl (C=O) groups excluding carboxylic acids is 1. The summed E-state index contributed by atoms with van der Waals surface area (Å²) in [7, 11) is 0. The van der Waals surface area contributed by atoms with Crippen LogP contribution in [-0.4, -0.2) is 33.5 Å². The van der Waals surface area contributed by atoms with Crippen LogP contribution in [0, 0.1) is 0 Å². The first-order chi connectivity index (χ1) is 8.43. The molecule has 6 nitrogen and oxygen atoms in total. The normalized spacial score (nSPS) is 11.0. The number of rotatable bonds is 5. The molecule has 0 saturated heterocycles. The Labute approximate surface area is 102 Å². The highest BCUT2D eigenvalue weighted by molar-refractivity contribution is 5.98. The molecule has 0 spiro atoms. The third kappa shape index (κ3) is 3.44. The number of carboxylic acid groups (broad SMARTS) is 2. The molecule has 1 aromatic rings. The molecule has 0 saturated carbocycles. The first kappa shape index (κ1) is 13.4. The van der Waals surface area contributed by atoms with Gasteiger partial charge in [-0.2, -0.15) is 0 Å². The molecule has 1 rings (SSSR count). The number of phenolic OH excluding ortho intramolecular Hbond substituents is 1. The zero-order chi connectivity index (χ0) is 13.7. The summed E-state index contributed by atoms with van der Waals surface area (Å²) >= 11 is 0. The fraction of sp³-hybridized carbons (Fsp3) is 0.0833. The van der Waals surface area contributed by atoms with Crippen molar-refractivity contribution in [3.05, 3.63) is 34.9 Å². The van der Waals surface area contributed by atoms with Crippen LogP contribution in [0.2, 0.25) is 0 Å². The number of aldehydes is 1. The van der Waals surface area contributed by atoms with Crippen molar-refractivity contribution in [3.63, 3.8) is 0 Å². The van der Waals surface area contributed by atoms with Crippen LogP contribution in [0.5, 0.6) is 5.75 Å². The summed E-state index contributed by atoms with van der Waals surface area (Å²) in [6.07, 6.45) is 0.889. The van der Waals surface area contributed by atoms with Gasteiger partial charge in [0, 0.05) is 11.1 Å². The van der Waals surface area contributed by atoms with Gasteiger partial charge in [0.05, 0.1) is 6.42 Å². The minimum Gasteiger partial charge on any atom is -0.508 e. The fourth-order valence-electron chi connectivity index (χ4n) is 1.33. The van der Waals surface area contributed by atoms with Crippen LogP contribution in [0.1, 0.15) is 22.3 Å². The first-order valence-electron chi connectivity index (χ1n) is 4.88. The van der Waals surface area contributed by atoms with Gasteiger partial charge in [0.1, 0.15) is 5.75 Å². The SMILES string of the molecule is O=Cc1cc(O)ccc1/C=C(/CC(=O)O)C(=O)O. The highest BCUT2D eigenvalue weighted by atomic mass is 16.4. The Morgan fingerprint density at radius 1 is 1.17 bits per heavy atom. The minimum absolute atomic E-state index is 0.0825. The summed E-state index contributed by atoms with van der Waals surface area (Å²) in [6.45, 7) is 0. The van der Waals surface area contributed by atoms with Crippen LogP contribution in [0.4, 0.5) is 0 Å². The van der Waals surface area contributed by atoms with E-state index in [-0.39, 0.29) is 22.4 Å². The number of aliphatic carboxylic acids is 2.